The van der Waals surface area contributed by atoms with Crippen LogP contribution in [0.25, 0.3) is 0 Å². The van der Waals surface area contributed by atoms with Gasteiger partial charge in [0.05, 0.1) is 6.04 Å². The Bertz CT molecular complexity index is 1200. The summed E-state index contributed by atoms with van der Waals surface area (Å²) < 4.78 is 5.41. The van der Waals surface area contributed by atoms with Crippen molar-refractivity contribution in [3.8, 4) is 0 Å². The molecule has 0 aromatic heterocycles. The lowest BCUT2D eigenvalue weighted by molar-refractivity contribution is -0.126. The van der Waals surface area contributed by atoms with E-state index in [1.54, 1.807) is 4.90 Å². The van der Waals surface area contributed by atoms with E-state index in [4.69, 9.17) is 4.74 Å². The molecule has 1 aliphatic heterocycles. The van der Waals surface area contributed by atoms with Gasteiger partial charge in [0.2, 0.25) is 11.8 Å². The highest BCUT2D eigenvalue weighted by molar-refractivity contribution is 5.94. The Kier molecular flexibility index (Phi) is 11.3. The van der Waals surface area contributed by atoms with E-state index >= 15 is 0 Å². The van der Waals surface area contributed by atoms with Crippen LogP contribution in [-0.4, -0.2) is 49.4 Å². The molecular formula is C32H42N4O5. The molecule has 2 aromatic carbocycles. The number of para-hydroxylation sites is 1. The van der Waals surface area contributed by atoms with Gasteiger partial charge < -0.3 is 30.4 Å². The maximum absolute atomic E-state index is 13.4. The molecule has 41 heavy (non-hydrogen) atoms. The summed E-state index contributed by atoms with van der Waals surface area (Å²) in [7, 11) is 0. The summed E-state index contributed by atoms with van der Waals surface area (Å²) in [6.45, 7) is 3.96. The normalized spacial score (nSPS) is 17.0. The molecular weight excluding hydrogens is 520 g/mol. The van der Waals surface area contributed by atoms with E-state index in [0.29, 0.717) is 38.3 Å². The van der Waals surface area contributed by atoms with Crippen molar-refractivity contribution in [1.82, 2.24) is 16.0 Å². The average molecular weight is 563 g/mol. The lowest BCUT2D eigenvalue weighted by Gasteiger charge is -2.27. The van der Waals surface area contributed by atoms with Gasteiger partial charge >= 0.3 is 6.09 Å². The number of hydrogen-bond acceptors (Lipinski definition) is 6. The van der Waals surface area contributed by atoms with Crippen LogP contribution >= 0.6 is 0 Å². The van der Waals surface area contributed by atoms with E-state index in [1.807, 2.05) is 55.5 Å². The molecule has 9 heteroatoms. The Morgan fingerprint density at radius 1 is 1.07 bits per heavy atom. The van der Waals surface area contributed by atoms with Crippen LogP contribution in [0, 0.1) is 12.8 Å². The summed E-state index contributed by atoms with van der Waals surface area (Å²) in [5, 5.41) is 8.83. The monoisotopic (exact) mass is 562 g/mol. The van der Waals surface area contributed by atoms with Crippen LogP contribution in [0.2, 0.25) is 0 Å². The number of rotatable bonds is 11. The number of carbonyl (C=O) groups excluding carboxylic acids is 4. The summed E-state index contributed by atoms with van der Waals surface area (Å²) >= 11 is 0. The highest BCUT2D eigenvalue weighted by atomic mass is 16.5. The Balaban J connectivity index is 1.34. The summed E-state index contributed by atoms with van der Waals surface area (Å²) in [6.07, 6.45) is 6.14. The minimum atomic E-state index is -0.842. The number of aryl methyl sites for hydroxylation is 1. The minimum Gasteiger partial charge on any atom is -0.445 e. The summed E-state index contributed by atoms with van der Waals surface area (Å²) in [4.78, 5) is 52.9. The number of aldehydes is 1. The Morgan fingerprint density at radius 2 is 1.88 bits per heavy atom. The molecule has 0 saturated heterocycles. The predicted molar refractivity (Wildman–Crippen MR) is 157 cm³/mol. The first kappa shape index (κ1) is 30.2. The number of carbonyl (C=O) groups is 4. The Hall–Kier alpha value is -3.72. The molecule has 1 aliphatic carbocycles. The van der Waals surface area contributed by atoms with Crippen molar-refractivity contribution in [3.05, 3.63) is 65.2 Å². The van der Waals surface area contributed by atoms with Crippen molar-refractivity contribution in [2.24, 2.45) is 5.92 Å². The molecule has 3 N–H and O–H groups in total. The van der Waals surface area contributed by atoms with Crippen molar-refractivity contribution in [2.75, 3.05) is 18.0 Å². The Morgan fingerprint density at radius 3 is 2.66 bits per heavy atom. The van der Waals surface area contributed by atoms with Gasteiger partial charge in [-0.3, -0.25) is 9.59 Å². The molecule has 3 amide bonds. The number of hydrogen-bond donors (Lipinski definition) is 3. The lowest BCUT2D eigenvalue weighted by Crippen LogP contribution is -2.51. The predicted octanol–water partition coefficient (Wildman–Crippen LogP) is 4.16. The van der Waals surface area contributed by atoms with Crippen molar-refractivity contribution in [3.63, 3.8) is 0 Å². The van der Waals surface area contributed by atoms with E-state index < -0.39 is 24.1 Å². The Labute approximate surface area is 242 Å². The molecule has 9 nitrogen and oxygen atoms in total. The van der Waals surface area contributed by atoms with Crippen molar-refractivity contribution < 1.29 is 23.9 Å². The SMILES string of the molecule is Cc1cccc(COC(=O)N[C@@H](CC2CCCCC2)C(=O)N[C@H](C=O)CCC(=O)N2CCNCc3ccccc32)c1. The average Bonchev–Trinajstić information content (AvgIpc) is 3.21. The third kappa shape index (κ3) is 9.14. The van der Waals surface area contributed by atoms with Gasteiger partial charge in [-0.1, -0.05) is 80.1 Å². The van der Waals surface area contributed by atoms with Crippen molar-refractivity contribution in [1.29, 1.82) is 0 Å². The number of alkyl carbamates (subject to hydrolysis) is 1. The molecule has 1 saturated carbocycles. The second-order valence-corrected chi connectivity index (χ2v) is 11.1. The highest BCUT2D eigenvalue weighted by Crippen LogP contribution is 2.28. The smallest absolute Gasteiger partial charge is 0.408 e. The van der Waals surface area contributed by atoms with Gasteiger partial charge in [0.25, 0.3) is 0 Å². The van der Waals surface area contributed by atoms with E-state index in [-0.39, 0.29) is 25.4 Å². The number of fused-ring (bicyclic) bond motifs is 1. The van der Waals surface area contributed by atoms with Gasteiger partial charge in [-0.25, -0.2) is 4.79 Å². The molecule has 0 unspecified atom stereocenters. The van der Waals surface area contributed by atoms with Crippen LogP contribution < -0.4 is 20.9 Å². The quantitative estimate of drug-likeness (QED) is 0.354. The second-order valence-electron chi connectivity index (χ2n) is 11.1. The van der Waals surface area contributed by atoms with Crippen molar-refractivity contribution in [2.45, 2.75) is 83.5 Å². The van der Waals surface area contributed by atoms with Crippen LogP contribution in [0.3, 0.4) is 0 Å². The van der Waals surface area contributed by atoms with Crippen LogP contribution in [0.5, 0.6) is 0 Å². The molecule has 220 valence electrons. The van der Waals surface area contributed by atoms with Gasteiger partial charge in [0.1, 0.15) is 18.9 Å². The topological polar surface area (TPSA) is 117 Å². The van der Waals surface area contributed by atoms with E-state index in [1.165, 1.54) is 6.42 Å². The first-order chi connectivity index (χ1) is 19.9. The number of ether oxygens (including phenoxy) is 1. The third-order valence-corrected chi connectivity index (χ3v) is 7.93. The minimum absolute atomic E-state index is 0.0967. The largest absolute Gasteiger partial charge is 0.445 e. The molecule has 4 rings (SSSR count). The fraction of sp³-hybridized carbons (Fsp3) is 0.500. The number of amides is 3. The second kappa shape index (κ2) is 15.3. The fourth-order valence-corrected chi connectivity index (χ4v) is 5.71. The standard InChI is InChI=1S/C32H42N4O5/c1-23-8-7-11-25(18-23)22-41-32(40)35-28(19-24-9-3-2-4-10-24)31(39)34-27(21-37)14-15-30(38)36-17-16-33-20-26-12-5-6-13-29(26)36/h5-8,11-13,18,21,24,27-28,33H,2-4,9-10,14-17,19-20,22H2,1H3,(H,34,39)(H,35,40)/t27-,28-/m0/s1. The number of nitrogens with zero attached hydrogens (tertiary/aromatic N) is 1. The summed E-state index contributed by atoms with van der Waals surface area (Å²) in [5.74, 6) is -0.222. The fourth-order valence-electron chi connectivity index (χ4n) is 5.71. The molecule has 0 bridgehead atoms. The first-order valence-corrected chi connectivity index (χ1v) is 14.8. The van der Waals surface area contributed by atoms with Crippen molar-refractivity contribution >= 4 is 29.9 Å². The van der Waals surface area contributed by atoms with Gasteiger partial charge in [-0.15, -0.1) is 0 Å². The third-order valence-electron chi connectivity index (χ3n) is 7.93. The van der Waals surface area contributed by atoms with Crippen LogP contribution in [0.15, 0.2) is 48.5 Å². The van der Waals surface area contributed by atoms with E-state index in [9.17, 15) is 19.2 Å². The van der Waals surface area contributed by atoms with Crippen LogP contribution in [-0.2, 0) is 32.3 Å². The molecule has 1 fully saturated rings. The molecule has 2 aromatic rings. The first-order valence-electron chi connectivity index (χ1n) is 14.8. The van der Waals surface area contributed by atoms with E-state index in [0.717, 1.165) is 48.1 Å². The highest BCUT2D eigenvalue weighted by Gasteiger charge is 2.29. The molecule has 2 atom stereocenters. The summed E-state index contributed by atoms with van der Waals surface area (Å²) in [5.41, 5.74) is 3.85. The zero-order valence-electron chi connectivity index (χ0n) is 23.9. The van der Waals surface area contributed by atoms with Gasteiger partial charge in [-0.05, 0) is 42.9 Å². The maximum atomic E-state index is 13.4. The van der Waals surface area contributed by atoms with E-state index in [2.05, 4.69) is 16.0 Å². The zero-order valence-corrected chi connectivity index (χ0v) is 23.9. The lowest BCUT2D eigenvalue weighted by atomic mass is 9.84. The van der Waals surface area contributed by atoms with Crippen LogP contribution in [0.1, 0.15) is 68.1 Å². The maximum Gasteiger partial charge on any atom is 0.408 e. The molecule has 0 spiro atoms. The molecule has 0 radical (unpaired) electrons. The van der Waals surface area contributed by atoms with Gasteiger partial charge in [0.15, 0.2) is 0 Å². The van der Waals surface area contributed by atoms with Gasteiger partial charge in [-0.2, -0.15) is 0 Å². The number of benzene rings is 2. The summed E-state index contributed by atoms with van der Waals surface area (Å²) in [6, 6.07) is 13.8. The molecule has 1 heterocycles. The zero-order chi connectivity index (χ0) is 29.0. The molecule has 2 aliphatic rings. The number of anilines is 1. The van der Waals surface area contributed by atoms with Gasteiger partial charge in [0, 0.05) is 31.7 Å². The van der Waals surface area contributed by atoms with Crippen LogP contribution in [0.4, 0.5) is 10.5 Å². The number of nitrogens with one attached hydrogen (secondary N) is 3.